The molecule has 9 nitrogen and oxygen atoms in total. The van der Waals surface area contributed by atoms with Crippen LogP contribution in [0.4, 0.5) is 41.1 Å². The number of alkyl halides is 2. The van der Waals surface area contributed by atoms with Gasteiger partial charge in [0.15, 0.2) is 11.6 Å². The molecule has 2 aliphatic rings. The highest BCUT2D eigenvalue weighted by Gasteiger charge is 2.29. The molecule has 2 aromatic heterocycles. The molecular weight excluding hydrogens is 477 g/mol. The highest BCUT2D eigenvalue weighted by Crippen LogP contribution is 2.32. The first-order valence-electron chi connectivity index (χ1n) is 11.9. The van der Waals surface area contributed by atoms with Gasteiger partial charge in [-0.15, -0.1) is 0 Å². The fourth-order valence-electron chi connectivity index (χ4n) is 3.98. The van der Waals surface area contributed by atoms with Gasteiger partial charge in [-0.1, -0.05) is 0 Å². The summed E-state index contributed by atoms with van der Waals surface area (Å²) in [5.41, 5.74) is -0.451. The summed E-state index contributed by atoms with van der Waals surface area (Å²) in [6, 6.07) is 4.29. The molecule has 0 aromatic carbocycles. The molecule has 1 N–H and O–H groups in total. The van der Waals surface area contributed by atoms with Gasteiger partial charge in [0.25, 0.3) is 6.43 Å². The fourth-order valence-corrected chi connectivity index (χ4v) is 3.98. The Kier molecular flexibility index (Phi) is 7.72. The normalized spacial score (nSPS) is 16.9. The second kappa shape index (κ2) is 10.8. The summed E-state index contributed by atoms with van der Waals surface area (Å²) in [6.07, 6.45) is -1.92. The van der Waals surface area contributed by atoms with Crippen molar-refractivity contribution < 1.29 is 27.4 Å². The van der Waals surface area contributed by atoms with Crippen LogP contribution in [0.15, 0.2) is 24.4 Å². The summed E-state index contributed by atoms with van der Waals surface area (Å²) >= 11 is 0. The SMILES string of the molecule is CC(C)(C)OC(=O)N1CCN(c2cc(Nc3ccc(C(F)F)cn3)nc(N3CCOCC3)c2F)CC1. The standard InChI is InChI=1S/C24H31F3N6O3/c1-24(2,3)36-23(34)33-8-6-31(7-9-33)17-14-19(29-18-5-4-16(15-28-18)21(26)27)30-22(20(17)25)32-10-12-35-13-11-32/h4-5,14-15,21H,6-13H2,1-3H3,(H,28,29,30). The van der Waals surface area contributed by atoms with Gasteiger partial charge in [-0.3, -0.25) is 0 Å². The van der Waals surface area contributed by atoms with Crippen molar-refractivity contribution in [2.75, 3.05) is 67.6 Å². The van der Waals surface area contributed by atoms with E-state index in [0.29, 0.717) is 69.8 Å². The molecule has 0 aliphatic carbocycles. The molecule has 0 spiro atoms. The predicted octanol–water partition coefficient (Wildman–Crippen LogP) is 4.19. The molecule has 0 bridgehead atoms. The van der Waals surface area contributed by atoms with E-state index in [1.807, 2.05) is 30.6 Å². The molecule has 36 heavy (non-hydrogen) atoms. The number of halogens is 3. The first-order chi connectivity index (χ1) is 17.1. The van der Waals surface area contributed by atoms with Gasteiger partial charge in [0.05, 0.1) is 18.9 Å². The number of amides is 1. The Morgan fingerprint density at radius 3 is 2.33 bits per heavy atom. The van der Waals surface area contributed by atoms with Crippen LogP contribution in [0.1, 0.15) is 32.8 Å². The van der Waals surface area contributed by atoms with Crippen molar-refractivity contribution in [1.82, 2.24) is 14.9 Å². The zero-order chi connectivity index (χ0) is 25.9. The number of rotatable bonds is 5. The smallest absolute Gasteiger partial charge is 0.410 e. The number of ether oxygens (including phenoxy) is 2. The highest BCUT2D eigenvalue weighted by molar-refractivity contribution is 5.70. The zero-order valence-electron chi connectivity index (χ0n) is 20.6. The van der Waals surface area contributed by atoms with Crippen molar-refractivity contribution in [2.24, 2.45) is 0 Å². The molecule has 0 atom stereocenters. The molecule has 2 aromatic rings. The lowest BCUT2D eigenvalue weighted by Crippen LogP contribution is -2.50. The quantitative estimate of drug-likeness (QED) is 0.644. The van der Waals surface area contributed by atoms with Crippen LogP contribution < -0.4 is 15.1 Å². The average Bonchev–Trinajstić information content (AvgIpc) is 2.85. The first-order valence-corrected chi connectivity index (χ1v) is 11.9. The maximum atomic E-state index is 15.8. The second-order valence-electron chi connectivity index (χ2n) is 9.62. The molecule has 2 saturated heterocycles. The van der Waals surface area contributed by atoms with Crippen molar-refractivity contribution in [3.63, 3.8) is 0 Å². The second-order valence-corrected chi connectivity index (χ2v) is 9.62. The summed E-state index contributed by atoms with van der Waals surface area (Å²) in [5, 5.41) is 3.01. The number of hydrogen-bond acceptors (Lipinski definition) is 8. The molecule has 196 valence electrons. The number of aromatic nitrogens is 2. The fraction of sp³-hybridized carbons (Fsp3) is 0.542. The molecular formula is C24H31F3N6O3. The molecule has 1 amide bonds. The lowest BCUT2D eigenvalue weighted by Gasteiger charge is -2.37. The van der Waals surface area contributed by atoms with Crippen LogP contribution in [-0.4, -0.2) is 79.0 Å². The summed E-state index contributed by atoms with van der Waals surface area (Å²) in [7, 11) is 0. The monoisotopic (exact) mass is 508 g/mol. The van der Waals surface area contributed by atoms with Crippen molar-refractivity contribution in [1.29, 1.82) is 0 Å². The van der Waals surface area contributed by atoms with E-state index in [9.17, 15) is 13.6 Å². The Bertz CT molecular complexity index is 1050. The molecule has 4 rings (SSSR count). The van der Waals surface area contributed by atoms with Crippen LogP contribution in [-0.2, 0) is 9.47 Å². The molecule has 12 heteroatoms. The van der Waals surface area contributed by atoms with E-state index < -0.39 is 23.9 Å². The third-order valence-electron chi connectivity index (χ3n) is 5.80. The molecule has 0 unspecified atom stereocenters. The lowest BCUT2D eigenvalue weighted by molar-refractivity contribution is 0.0240. The number of carbonyl (C=O) groups excluding carboxylic acids is 1. The number of carbonyl (C=O) groups is 1. The maximum absolute atomic E-state index is 15.8. The Hall–Kier alpha value is -3.28. The van der Waals surface area contributed by atoms with Gasteiger partial charge < -0.3 is 29.5 Å². The summed E-state index contributed by atoms with van der Waals surface area (Å²) in [5.74, 6) is 0.359. The minimum absolute atomic E-state index is 0.178. The van der Waals surface area contributed by atoms with Gasteiger partial charge >= 0.3 is 6.09 Å². The van der Waals surface area contributed by atoms with Crippen LogP contribution in [0.5, 0.6) is 0 Å². The van der Waals surface area contributed by atoms with E-state index in [2.05, 4.69) is 15.3 Å². The summed E-state index contributed by atoms with van der Waals surface area (Å²) < 4.78 is 52.4. The summed E-state index contributed by atoms with van der Waals surface area (Å²) in [6.45, 7) is 8.89. The number of nitrogens with one attached hydrogen (secondary N) is 1. The van der Waals surface area contributed by atoms with Gasteiger partial charge in [-0.05, 0) is 32.9 Å². The van der Waals surface area contributed by atoms with Crippen molar-refractivity contribution in [3.8, 4) is 0 Å². The van der Waals surface area contributed by atoms with Crippen LogP contribution in [0.3, 0.4) is 0 Å². The molecule has 4 heterocycles. The van der Waals surface area contributed by atoms with E-state index in [1.54, 1.807) is 11.0 Å². The van der Waals surface area contributed by atoms with Crippen molar-refractivity contribution in [2.45, 2.75) is 32.8 Å². The van der Waals surface area contributed by atoms with E-state index >= 15 is 4.39 Å². The Morgan fingerprint density at radius 2 is 1.75 bits per heavy atom. The zero-order valence-corrected chi connectivity index (χ0v) is 20.6. The number of morpholine rings is 1. The number of anilines is 4. The molecule has 2 fully saturated rings. The van der Waals surface area contributed by atoms with Crippen molar-refractivity contribution in [3.05, 3.63) is 35.8 Å². The van der Waals surface area contributed by atoms with E-state index in [-0.39, 0.29) is 11.4 Å². The van der Waals surface area contributed by atoms with Crippen LogP contribution >= 0.6 is 0 Å². The minimum Gasteiger partial charge on any atom is -0.444 e. The largest absolute Gasteiger partial charge is 0.444 e. The van der Waals surface area contributed by atoms with Gasteiger partial charge in [0.1, 0.15) is 17.2 Å². The highest BCUT2D eigenvalue weighted by atomic mass is 19.3. The molecule has 0 saturated carbocycles. The molecule has 0 radical (unpaired) electrons. The van der Waals surface area contributed by atoms with Gasteiger partial charge in [0.2, 0.25) is 0 Å². The summed E-state index contributed by atoms with van der Waals surface area (Å²) in [4.78, 5) is 26.2. The van der Waals surface area contributed by atoms with Gasteiger partial charge in [0, 0.05) is 57.1 Å². The van der Waals surface area contributed by atoms with Crippen LogP contribution in [0, 0.1) is 5.82 Å². The van der Waals surface area contributed by atoms with E-state index in [4.69, 9.17) is 9.47 Å². The van der Waals surface area contributed by atoms with Crippen molar-refractivity contribution >= 4 is 29.2 Å². The number of piperazine rings is 1. The third-order valence-corrected chi connectivity index (χ3v) is 5.80. The minimum atomic E-state index is -2.62. The van der Waals surface area contributed by atoms with Crippen LogP contribution in [0.25, 0.3) is 0 Å². The average molecular weight is 509 g/mol. The number of nitrogens with zero attached hydrogens (tertiary/aromatic N) is 5. The number of hydrogen-bond donors (Lipinski definition) is 1. The maximum Gasteiger partial charge on any atom is 0.410 e. The Balaban J connectivity index is 1.57. The lowest BCUT2D eigenvalue weighted by atomic mass is 10.2. The third kappa shape index (κ3) is 6.28. The Labute approximate surface area is 208 Å². The Morgan fingerprint density at radius 1 is 1.06 bits per heavy atom. The van der Waals surface area contributed by atoms with Gasteiger partial charge in [-0.2, -0.15) is 0 Å². The van der Waals surface area contributed by atoms with Gasteiger partial charge in [-0.25, -0.2) is 27.9 Å². The topological polar surface area (TPSA) is 83.1 Å². The number of pyridine rings is 2. The molecule has 2 aliphatic heterocycles. The van der Waals surface area contributed by atoms with E-state index in [1.165, 1.54) is 12.1 Å². The first kappa shape index (κ1) is 25.8. The predicted molar refractivity (Wildman–Crippen MR) is 130 cm³/mol. The van der Waals surface area contributed by atoms with Crippen LogP contribution in [0.2, 0.25) is 0 Å². The van der Waals surface area contributed by atoms with E-state index in [0.717, 1.165) is 6.20 Å².